The highest BCUT2D eigenvalue weighted by atomic mass is 19.4. The highest BCUT2D eigenvalue weighted by Gasteiger charge is 2.59. The molecule has 96 valence electrons. The van der Waals surface area contributed by atoms with E-state index in [0.29, 0.717) is 0 Å². The Kier molecular flexibility index (Phi) is 4.59. The lowest BCUT2D eigenvalue weighted by molar-refractivity contribution is -0.329. The maximum atomic E-state index is 11.9. The molecule has 0 radical (unpaired) electrons. The van der Waals surface area contributed by atoms with Crippen LogP contribution in [0.4, 0.5) is 26.3 Å². The average Bonchev–Trinajstić information content (AvgIpc) is 1.99. The molecule has 1 unspecified atom stereocenters. The van der Waals surface area contributed by atoms with Crippen molar-refractivity contribution in [2.24, 2.45) is 0 Å². The zero-order valence-electron chi connectivity index (χ0n) is 7.89. The van der Waals surface area contributed by atoms with Crippen molar-refractivity contribution in [3.05, 3.63) is 0 Å². The van der Waals surface area contributed by atoms with Crippen molar-refractivity contribution in [2.45, 2.75) is 37.9 Å². The molecule has 0 aliphatic heterocycles. The summed E-state index contributed by atoms with van der Waals surface area (Å²) in [5, 5.41) is 8.29. The van der Waals surface area contributed by atoms with Gasteiger partial charge in [-0.15, -0.1) is 0 Å². The van der Waals surface area contributed by atoms with E-state index in [-0.39, 0.29) is 0 Å². The van der Waals surface area contributed by atoms with Crippen LogP contribution in [0.1, 0.15) is 13.3 Å². The van der Waals surface area contributed by atoms with Gasteiger partial charge in [0.15, 0.2) is 6.10 Å². The minimum absolute atomic E-state index is 0.502. The van der Waals surface area contributed by atoms with Gasteiger partial charge in [0.1, 0.15) is 0 Å². The van der Waals surface area contributed by atoms with Crippen LogP contribution in [0, 0.1) is 0 Å². The van der Waals surface area contributed by atoms with Gasteiger partial charge >= 0.3 is 18.3 Å². The summed E-state index contributed by atoms with van der Waals surface area (Å²) in [4.78, 5) is 10.3. The van der Waals surface area contributed by atoms with Crippen LogP contribution in [0.3, 0.4) is 0 Å². The van der Waals surface area contributed by atoms with Crippen LogP contribution >= 0.6 is 0 Å². The summed E-state index contributed by atoms with van der Waals surface area (Å²) in [5.74, 6) is -1.87. The minimum atomic E-state index is -5.69. The van der Waals surface area contributed by atoms with Crippen molar-refractivity contribution in [2.75, 3.05) is 0 Å². The molecule has 0 aromatic heterocycles. The molecule has 3 nitrogen and oxygen atoms in total. The Morgan fingerprint density at radius 1 is 1.19 bits per heavy atom. The summed E-state index contributed by atoms with van der Waals surface area (Å²) in [5.41, 5.74) is 0. The zero-order valence-corrected chi connectivity index (χ0v) is 7.89. The van der Waals surface area contributed by atoms with Gasteiger partial charge in [0, 0.05) is 0 Å². The van der Waals surface area contributed by atoms with Crippen molar-refractivity contribution >= 4 is 5.97 Å². The van der Waals surface area contributed by atoms with Gasteiger partial charge in [-0.3, -0.25) is 0 Å². The topological polar surface area (TPSA) is 46.5 Å². The first-order chi connectivity index (χ1) is 7.00. The Morgan fingerprint density at radius 2 is 1.56 bits per heavy atom. The van der Waals surface area contributed by atoms with Crippen LogP contribution in [-0.4, -0.2) is 35.6 Å². The van der Waals surface area contributed by atoms with Gasteiger partial charge in [-0.05, 0) is 6.42 Å². The Bertz CT molecular complexity index is 231. The molecular formula is C7H8F6O3. The number of carboxylic acids is 1. The Balaban J connectivity index is 4.88. The number of aliphatic carboxylic acids is 1. The van der Waals surface area contributed by atoms with E-state index in [2.05, 4.69) is 4.74 Å². The second-order valence-corrected chi connectivity index (χ2v) is 2.83. The van der Waals surface area contributed by atoms with Gasteiger partial charge in [-0.2, -0.15) is 26.3 Å². The fourth-order valence-electron chi connectivity index (χ4n) is 0.833. The van der Waals surface area contributed by atoms with Gasteiger partial charge in [0.05, 0.1) is 0 Å². The monoisotopic (exact) mass is 254 g/mol. The number of ether oxygens (including phenoxy) is 1. The maximum Gasteiger partial charge on any atom is 0.423 e. The lowest BCUT2D eigenvalue weighted by Gasteiger charge is -2.25. The first-order valence-corrected chi connectivity index (χ1v) is 4.01. The van der Waals surface area contributed by atoms with Crippen LogP contribution < -0.4 is 0 Å². The summed E-state index contributed by atoms with van der Waals surface area (Å²) in [6.45, 7) is 1.10. The van der Waals surface area contributed by atoms with Crippen molar-refractivity contribution in [3.63, 3.8) is 0 Å². The molecule has 0 saturated heterocycles. The Hall–Kier alpha value is -0.990. The van der Waals surface area contributed by atoms with Gasteiger partial charge in [0.2, 0.25) is 6.10 Å². The molecule has 0 aliphatic carbocycles. The van der Waals surface area contributed by atoms with Crippen LogP contribution in [0.25, 0.3) is 0 Å². The van der Waals surface area contributed by atoms with Gasteiger partial charge in [0.25, 0.3) is 0 Å². The largest absolute Gasteiger partial charge is 0.479 e. The fraction of sp³-hybridized carbons (Fsp3) is 0.857. The first-order valence-electron chi connectivity index (χ1n) is 4.01. The van der Waals surface area contributed by atoms with Crippen LogP contribution in [0.2, 0.25) is 0 Å². The number of halogens is 6. The van der Waals surface area contributed by atoms with E-state index in [9.17, 15) is 31.1 Å². The minimum Gasteiger partial charge on any atom is -0.479 e. The number of carbonyl (C=O) groups is 1. The molecule has 0 heterocycles. The SMILES string of the molecule is CCC(OC(C(F)(F)F)C(F)(F)F)C(=O)O. The predicted molar refractivity (Wildman–Crippen MR) is 38.7 cm³/mol. The molecule has 1 N–H and O–H groups in total. The van der Waals surface area contributed by atoms with Crippen LogP contribution in [-0.2, 0) is 9.53 Å². The Morgan fingerprint density at radius 3 is 1.75 bits per heavy atom. The number of hydrogen-bond donors (Lipinski definition) is 1. The summed E-state index contributed by atoms with van der Waals surface area (Å²) in [6.07, 6.45) is -18.1. The van der Waals surface area contributed by atoms with E-state index >= 15 is 0 Å². The molecule has 9 heteroatoms. The summed E-state index contributed by atoms with van der Waals surface area (Å²) < 4.78 is 75.2. The van der Waals surface area contributed by atoms with Gasteiger partial charge < -0.3 is 9.84 Å². The molecule has 0 spiro atoms. The first kappa shape index (κ1) is 15.0. The molecule has 0 aliphatic rings. The molecule has 0 rings (SSSR count). The third-order valence-electron chi connectivity index (χ3n) is 1.54. The quantitative estimate of drug-likeness (QED) is 0.783. The number of hydrogen-bond acceptors (Lipinski definition) is 2. The van der Waals surface area contributed by atoms with Crippen molar-refractivity contribution in [3.8, 4) is 0 Å². The molecule has 0 aromatic carbocycles. The highest BCUT2D eigenvalue weighted by Crippen LogP contribution is 2.36. The van der Waals surface area contributed by atoms with E-state index in [4.69, 9.17) is 5.11 Å². The molecule has 0 bridgehead atoms. The number of carboxylic acid groups (broad SMARTS) is 1. The van der Waals surface area contributed by atoms with E-state index in [1.54, 1.807) is 0 Å². The smallest absolute Gasteiger partial charge is 0.423 e. The third-order valence-corrected chi connectivity index (χ3v) is 1.54. The van der Waals surface area contributed by atoms with Crippen LogP contribution in [0.15, 0.2) is 0 Å². The fourth-order valence-corrected chi connectivity index (χ4v) is 0.833. The van der Waals surface area contributed by atoms with E-state index < -0.39 is 37.0 Å². The maximum absolute atomic E-state index is 11.9. The number of alkyl halides is 6. The zero-order chi connectivity index (χ0) is 13.1. The molecule has 0 fully saturated rings. The summed E-state index contributed by atoms with van der Waals surface area (Å²) >= 11 is 0. The lowest BCUT2D eigenvalue weighted by Crippen LogP contribution is -2.47. The van der Waals surface area contributed by atoms with Crippen LogP contribution in [0.5, 0.6) is 0 Å². The second-order valence-electron chi connectivity index (χ2n) is 2.83. The normalized spacial score (nSPS) is 15.2. The molecule has 1 atom stereocenters. The van der Waals surface area contributed by atoms with Crippen molar-refractivity contribution in [1.29, 1.82) is 0 Å². The van der Waals surface area contributed by atoms with E-state index in [1.807, 2.05) is 0 Å². The lowest BCUT2D eigenvalue weighted by atomic mass is 10.2. The molecular weight excluding hydrogens is 246 g/mol. The molecule has 0 aromatic rings. The third kappa shape index (κ3) is 4.25. The Labute approximate surface area is 86.0 Å². The predicted octanol–water partition coefficient (Wildman–Crippen LogP) is 2.36. The second kappa shape index (κ2) is 4.89. The number of rotatable bonds is 4. The van der Waals surface area contributed by atoms with E-state index in [0.717, 1.165) is 6.92 Å². The summed E-state index contributed by atoms with van der Waals surface area (Å²) in [6, 6.07) is 0. The molecule has 0 saturated carbocycles. The van der Waals surface area contributed by atoms with Gasteiger partial charge in [-0.25, -0.2) is 4.79 Å². The van der Waals surface area contributed by atoms with Crippen molar-refractivity contribution < 1.29 is 41.0 Å². The highest BCUT2D eigenvalue weighted by molar-refractivity contribution is 5.72. The van der Waals surface area contributed by atoms with Gasteiger partial charge in [-0.1, -0.05) is 6.92 Å². The molecule has 0 amide bonds. The van der Waals surface area contributed by atoms with E-state index in [1.165, 1.54) is 0 Å². The standard InChI is InChI=1S/C7H8F6O3/c1-2-3(4(14)15)16-5(6(8,9)10)7(11,12)13/h3,5H,2H2,1H3,(H,14,15). The molecule has 16 heavy (non-hydrogen) atoms. The van der Waals surface area contributed by atoms with Crippen molar-refractivity contribution in [1.82, 2.24) is 0 Å². The summed E-state index contributed by atoms with van der Waals surface area (Å²) in [7, 11) is 0. The average molecular weight is 254 g/mol.